The molecule has 0 saturated heterocycles. The molecule has 3 rings (SSSR count). The van der Waals surface area contributed by atoms with E-state index in [4.69, 9.17) is 0 Å². The Bertz CT molecular complexity index is 965. The monoisotopic (exact) mass is 334 g/mol. The molecule has 1 amide bonds. The number of hydrogen-bond donors (Lipinski definition) is 1. The lowest BCUT2D eigenvalue weighted by molar-refractivity contribution is -0.384. The van der Waals surface area contributed by atoms with Crippen LogP contribution in [0.3, 0.4) is 0 Å². The van der Waals surface area contributed by atoms with E-state index in [2.05, 4.69) is 5.32 Å². The molecule has 25 heavy (non-hydrogen) atoms. The summed E-state index contributed by atoms with van der Waals surface area (Å²) >= 11 is 0. The molecule has 0 unspecified atom stereocenters. The van der Waals surface area contributed by atoms with E-state index in [9.17, 15) is 19.7 Å². The first-order chi connectivity index (χ1) is 12.0. The van der Waals surface area contributed by atoms with Crippen molar-refractivity contribution in [1.82, 2.24) is 5.32 Å². The van der Waals surface area contributed by atoms with Crippen molar-refractivity contribution in [2.24, 2.45) is 0 Å². The summed E-state index contributed by atoms with van der Waals surface area (Å²) in [5.41, 5.74) is 0.684. The van der Waals surface area contributed by atoms with E-state index in [1.54, 1.807) is 12.1 Å². The number of nitrogens with zero attached hydrogens (tertiary/aromatic N) is 1. The van der Waals surface area contributed by atoms with Crippen molar-refractivity contribution in [3.05, 3.63) is 88.0 Å². The second-order valence-electron chi connectivity index (χ2n) is 5.47. The quantitative estimate of drug-likeness (QED) is 0.440. The number of benzene rings is 3. The average Bonchev–Trinajstić information content (AvgIpc) is 2.65. The van der Waals surface area contributed by atoms with Crippen LogP contribution in [0.2, 0.25) is 0 Å². The fourth-order valence-corrected chi connectivity index (χ4v) is 2.46. The van der Waals surface area contributed by atoms with Crippen LogP contribution < -0.4 is 5.32 Å². The average molecular weight is 334 g/mol. The number of Topliss-reactive ketones (excluding diaryl/α,β-unsaturated/α-hetero) is 1. The molecule has 0 radical (unpaired) electrons. The van der Waals surface area contributed by atoms with Gasteiger partial charge in [0.2, 0.25) is 0 Å². The number of non-ortho nitro benzene ring substituents is 1. The Hall–Kier alpha value is -3.54. The van der Waals surface area contributed by atoms with E-state index in [0.717, 1.165) is 10.8 Å². The molecule has 0 atom stereocenters. The number of nitro benzene ring substituents is 1. The Balaban J connectivity index is 1.66. The zero-order chi connectivity index (χ0) is 17.8. The van der Waals surface area contributed by atoms with Gasteiger partial charge in [0.05, 0.1) is 11.5 Å². The van der Waals surface area contributed by atoms with Crippen LogP contribution in [0.4, 0.5) is 5.69 Å². The van der Waals surface area contributed by atoms with Crippen LogP contribution in [0.15, 0.2) is 66.7 Å². The highest BCUT2D eigenvalue weighted by Gasteiger charge is 2.12. The van der Waals surface area contributed by atoms with Gasteiger partial charge < -0.3 is 5.32 Å². The third kappa shape index (κ3) is 3.69. The molecule has 0 aliphatic heterocycles. The standard InChI is InChI=1S/C19H14N2O4/c22-18(16-6-5-13-3-1-2-4-15(13)11-16)12-20-19(23)14-7-9-17(10-8-14)21(24)25/h1-11H,12H2,(H,20,23). The third-order valence-corrected chi connectivity index (χ3v) is 3.82. The fourth-order valence-electron chi connectivity index (χ4n) is 2.46. The minimum atomic E-state index is -0.537. The van der Waals surface area contributed by atoms with Crippen LogP contribution >= 0.6 is 0 Å². The molecule has 0 fully saturated rings. The minimum Gasteiger partial charge on any atom is -0.345 e. The SMILES string of the molecule is O=C(CNC(=O)c1ccc([N+](=O)[O-])cc1)c1ccc2ccccc2c1. The predicted octanol–water partition coefficient (Wildman–Crippen LogP) is 3.36. The van der Waals surface area contributed by atoms with E-state index < -0.39 is 10.8 Å². The fraction of sp³-hybridized carbons (Fsp3) is 0.0526. The van der Waals surface area contributed by atoms with Gasteiger partial charge in [-0.05, 0) is 29.0 Å². The third-order valence-electron chi connectivity index (χ3n) is 3.82. The summed E-state index contributed by atoms with van der Waals surface area (Å²) in [7, 11) is 0. The second-order valence-corrected chi connectivity index (χ2v) is 5.47. The van der Waals surface area contributed by atoms with Crippen molar-refractivity contribution in [3.8, 4) is 0 Å². The van der Waals surface area contributed by atoms with E-state index in [-0.39, 0.29) is 23.6 Å². The number of carbonyl (C=O) groups is 2. The number of fused-ring (bicyclic) bond motifs is 1. The Morgan fingerprint density at radius 2 is 1.52 bits per heavy atom. The number of ketones is 1. The molecule has 0 aliphatic carbocycles. The van der Waals surface area contributed by atoms with E-state index in [0.29, 0.717) is 5.56 Å². The lowest BCUT2D eigenvalue weighted by atomic mass is 10.0. The highest BCUT2D eigenvalue weighted by atomic mass is 16.6. The summed E-state index contributed by atoms with van der Waals surface area (Å²) in [6, 6.07) is 18.3. The summed E-state index contributed by atoms with van der Waals surface area (Å²) in [6.45, 7) is -0.145. The summed E-state index contributed by atoms with van der Waals surface area (Å²) in [5, 5.41) is 15.1. The van der Waals surface area contributed by atoms with Crippen LogP contribution in [-0.4, -0.2) is 23.2 Å². The van der Waals surface area contributed by atoms with Gasteiger partial charge in [-0.15, -0.1) is 0 Å². The molecule has 0 bridgehead atoms. The molecule has 0 saturated carbocycles. The van der Waals surface area contributed by atoms with Crippen LogP contribution in [0.5, 0.6) is 0 Å². The Labute approximate surface area is 143 Å². The molecule has 1 N–H and O–H groups in total. The van der Waals surface area contributed by atoms with Crippen molar-refractivity contribution in [2.45, 2.75) is 0 Å². The van der Waals surface area contributed by atoms with Crippen LogP contribution in [0.1, 0.15) is 20.7 Å². The van der Waals surface area contributed by atoms with Crippen LogP contribution in [-0.2, 0) is 0 Å². The molecule has 3 aromatic rings. The van der Waals surface area contributed by atoms with Gasteiger partial charge in [-0.1, -0.05) is 36.4 Å². The maximum Gasteiger partial charge on any atom is 0.269 e. The van der Waals surface area contributed by atoms with Crippen LogP contribution in [0.25, 0.3) is 10.8 Å². The predicted molar refractivity (Wildman–Crippen MR) is 93.7 cm³/mol. The molecule has 3 aromatic carbocycles. The second kappa shape index (κ2) is 6.92. The summed E-state index contributed by atoms with van der Waals surface area (Å²) in [6.07, 6.45) is 0. The zero-order valence-corrected chi connectivity index (χ0v) is 13.1. The molecular formula is C19H14N2O4. The largest absolute Gasteiger partial charge is 0.345 e. The first-order valence-electron chi connectivity index (χ1n) is 7.59. The smallest absolute Gasteiger partial charge is 0.269 e. The van der Waals surface area contributed by atoms with Gasteiger partial charge in [0.25, 0.3) is 11.6 Å². The van der Waals surface area contributed by atoms with Crippen molar-refractivity contribution >= 4 is 28.2 Å². The number of carbonyl (C=O) groups excluding carboxylic acids is 2. The molecule has 0 heterocycles. The number of amides is 1. The summed E-state index contributed by atoms with van der Waals surface area (Å²) in [4.78, 5) is 34.4. The lowest BCUT2D eigenvalue weighted by Gasteiger charge is -2.06. The van der Waals surface area contributed by atoms with E-state index in [1.807, 2.05) is 30.3 Å². The van der Waals surface area contributed by atoms with Crippen molar-refractivity contribution in [1.29, 1.82) is 0 Å². The van der Waals surface area contributed by atoms with Gasteiger partial charge in [0.1, 0.15) is 0 Å². The zero-order valence-electron chi connectivity index (χ0n) is 13.1. The van der Waals surface area contributed by atoms with E-state index >= 15 is 0 Å². The van der Waals surface area contributed by atoms with Crippen molar-refractivity contribution < 1.29 is 14.5 Å². The van der Waals surface area contributed by atoms with Crippen LogP contribution in [0, 0.1) is 10.1 Å². The Morgan fingerprint density at radius 3 is 2.20 bits per heavy atom. The summed E-state index contributed by atoms with van der Waals surface area (Å²) < 4.78 is 0. The minimum absolute atomic E-state index is 0.0937. The van der Waals surface area contributed by atoms with Gasteiger partial charge in [-0.2, -0.15) is 0 Å². The number of rotatable bonds is 5. The Morgan fingerprint density at radius 1 is 0.880 bits per heavy atom. The van der Waals surface area contributed by atoms with Gasteiger partial charge >= 0.3 is 0 Å². The van der Waals surface area contributed by atoms with Gasteiger partial charge in [-0.25, -0.2) is 0 Å². The maximum absolute atomic E-state index is 12.3. The Kier molecular flexibility index (Phi) is 4.52. The van der Waals surface area contributed by atoms with Gasteiger partial charge in [-0.3, -0.25) is 19.7 Å². The number of nitro groups is 1. The molecular weight excluding hydrogens is 320 g/mol. The topological polar surface area (TPSA) is 89.3 Å². The van der Waals surface area contributed by atoms with Gasteiger partial charge in [0, 0.05) is 23.3 Å². The number of nitrogens with one attached hydrogen (secondary N) is 1. The highest BCUT2D eigenvalue weighted by molar-refractivity contribution is 6.04. The maximum atomic E-state index is 12.3. The van der Waals surface area contributed by atoms with Crippen molar-refractivity contribution in [3.63, 3.8) is 0 Å². The first-order valence-corrected chi connectivity index (χ1v) is 7.59. The van der Waals surface area contributed by atoms with Gasteiger partial charge in [0.15, 0.2) is 5.78 Å². The molecule has 0 aliphatic rings. The summed E-state index contributed by atoms with van der Waals surface area (Å²) in [5.74, 6) is -0.662. The molecule has 0 aromatic heterocycles. The molecule has 124 valence electrons. The molecule has 0 spiro atoms. The first kappa shape index (κ1) is 16.3. The number of hydrogen-bond acceptors (Lipinski definition) is 4. The molecule has 6 nitrogen and oxygen atoms in total. The highest BCUT2D eigenvalue weighted by Crippen LogP contribution is 2.16. The lowest BCUT2D eigenvalue weighted by Crippen LogP contribution is -2.29. The van der Waals surface area contributed by atoms with E-state index in [1.165, 1.54) is 24.3 Å². The van der Waals surface area contributed by atoms with Crippen molar-refractivity contribution in [2.75, 3.05) is 6.54 Å². The normalized spacial score (nSPS) is 10.4. The molecule has 6 heteroatoms.